The summed E-state index contributed by atoms with van der Waals surface area (Å²) in [5, 5.41) is 1.47. The normalized spacial score (nSPS) is 11.1. The van der Waals surface area contributed by atoms with Gasteiger partial charge in [0.15, 0.2) is 11.8 Å². The van der Waals surface area contributed by atoms with E-state index >= 15 is 0 Å². The third kappa shape index (κ3) is 2.19. The van der Waals surface area contributed by atoms with Crippen molar-refractivity contribution in [3.05, 3.63) is 35.1 Å². The van der Waals surface area contributed by atoms with Gasteiger partial charge in [-0.15, -0.1) is 0 Å². The highest BCUT2D eigenvalue weighted by Crippen LogP contribution is 2.29. The van der Waals surface area contributed by atoms with E-state index in [2.05, 4.69) is 19.9 Å². The van der Waals surface area contributed by atoms with E-state index < -0.39 is 0 Å². The molecule has 2 aromatic heterocycles. The zero-order chi connectivity index (χ0) is 13.4. The summed E-state index contributed by atoms with van der Waals surface area (Å²) >= 11 is 7.53. The Balaban J connectivity index is 2.31. The molecule has 0 aliphatic carbocycles. The zero-order valence-corrected chi connectivity index (χ0v) is 12.1. The fourth-order valence-corrected chi connectivity index (χ4v) is 2.63. The molecule has 2 N–H and O–H groups in total. The Kier molecular flexibility index (Phi) is 3.16. The monoisotopic (exact) mass is 291 g/mol. The highest BCUT2D eigenvalue weighted by molar-refractivity contribution is 7.98. The average Bonchev–Trinajstić information content (AvgIpc) is 2.86. The lowest BCUT2D eigenvalue weighted by Gasteiger charge is -2.05. The number of aromatic amines is 2. The molecule has 0 unspecified atom stereocenters. The van der Waals surface area contributed by atoms with Crippen molar-refractivity contribution in [2.75, 3.05) is 6.26 Å². The van der Waals surface area contributed by atoms with Gasteiger partial charge in [-0.25, -0.2) is 9.97 Å². The van der Waals surface area contributed by atoms with Gasteiger partial charge in [-0.1, -0.05) is 34.4 Å². The van der Waals surface area contributed by atoms with Crippen LogP contribution in [0.4, 0.5) is 0 Å². The Labute approximate surface area is 119 Å². The van der Waals surface area contributed by atoms with Crippen LogP contribution >= 0.6 is 23.4 Å². The molecule has 0 atom stereocenters. The maximum atomic E-state index is 6.01. The Bertz CT molecular complexity index is 753. The van der Waals surface area contributed by atoms with Crippen LogP contribution in [0.2, 0.25) is 5.02 Å². The van der Waals surface area contributed by atoms with Gasteiger partial charge in [0.25, 0.3) is 5.16 Å². The summed E-state index contributed by atoms with van der Waals surface area (Å²) in [5.41, 5.74) is 4.76. The summed E-state index contributed by atoms with van der Waals surface area (Å²) in [6.45, 7) is 2.03. The molecular formula is C13H12ClN4S+. The second-order valence-corrected chi connectivity index (χ2v) is 5.38. The van der Waals surface area contributed by atoms with Crippen molar-refractivity contribution < 1.29 is 4.98 Å². The lowest BCUT2D eigenvalue weighted by Crippen LogP contribution is -2.01. The quantitative estimate of drug-likeness (QED) is 0.583. The van der Waals surface area contributed by atoms with Crippen molar-refractivity contribution in [1.82, 2.24) is 15.0 Å². The molecule has 0 fully saturated rings. The zero-order valence-electron chi connectivity index (χ0n) is 10.5. The fraction of sp³-hybridized carbons (Fsp3) is 0.154. The number of H-pyrrole nitrogens is 2. The SMILES string of the molecule is CSc1nc(-c2ccc(Cl)cc2C)c2[nH]c[nH+]c2n1. The second kappa shape index (κ2) is 4.83. The predicted molar refractivity (Wildman–Crippen MR) is 77.4 cm³/mol. The summed E-state index contributed by atoms with van der Waals surface area (Å²) in [4.78, 5) is 15.3. The van der Waals surface area contributed by atoms with Crippen LogP contribution < -0.4 is 4.98 Å². The molecule has 0 aliphatic rings. The molecule has 4 nitrogen and oxygen atoms in total. The van der Waals surface area contributed by atoms with Crippen LogP contribution in [0.1, 0.15) is 5.56 Å². The van der Waals surface area contributed by atoms with Crippen LogP contribution in [0.15, 0.2) is 29.7 Å². The van der Waals surface area contributed by atoms with Crippen molar-refractivity contribution in [3.8, 4) is 11.3 Å². The lowest BCUT2D eigenvalue weighted by atomic mass is 10.1. The summed E-state index contributed by atoms with van der Waals surface area (Å²) in [6.07, 6.45) is 3.73. The first-order chi connectivity index (χ1) is 9.19. The Morgan fingerprint density at radius 3 is 2.89 bits per heavy atom. The molecule has 0 amide bonds. The second-order valence-electron chi connectivity index (χ2n) is 4.17. The summed E-state index contributed by atoms with van der Waals surface area (Å²) in [7, 11) is 0. The van der Waals surface area contributed by atoms with Crippen LogP contribution in [-0.4, -0.2) is 21.2 Å². The minimum atomic E-state index is 0.731. The number of rotatable bonds is 2. The van der Waals surface area contributed by atoms with E-state index in [0.29, 0.717) is 0 Å². The highest BCUT2D eigenvalue weighted by Gasteiger charge is 2.18. The van der Waals surface area contributed by atoms with Gasteiger partial charge in [-0.3, -0.25) is 4.98 Å². The molecule has 19 heavy (non-hydrogen) atoms. The van der Waals surface area contributed by atoms with Crippen molar-refractivity contribution in [2.24, 2.45) is 0 Å². The van der Waals surface area contributed by atoms with Gasteiger partial charge < -0.3 is 0 Å². The molecule has 3 rings (SSSR count). The van der Waals surface area contributed by atoms with E-state index in [1.165, 1.54) is 11.8 Å². The molecular weight excluding hydrogens is 280 g/mol. The average molecular weight is 292 g/mol. The first kappa shape index (κ1) is 12.4. The van der Waals surface area contributed by atoms with E-state index in [0.717, 1.165) is 38.2 Å². The molecule has 6 heteroatoms. The standard InChI is InChI=1S/C13H11ClN4S/c1-7-5-8(14)3-4-9(7)10-11-12(16-6-15-11)18-13(17-10)19-2/h3-6H,1-2H3,(H,15,16,17,18)/p+1. The summed E-state index contributed by atoms with van der Waals surface area (Å²) < 4.78 is 0. The van der Waals surface area contributed by atoms with E-state index in [1.54, 1.807) is 6.33 Å². The minimum absolute atomic E-state index is 0.731. The van der Waals surface area contributed by atoms with Gasteiger partial charge in [0.2, 0.25) is 0 Å². The topological polar surface area (TPSA) is 55.7 Å². The van der Waals surface area contributed by atoms with E-state index in [4.69, 9.17) is 11.6 Å². The van der Waals surface area contributed by atoms with Gasteiger partial charge in [0.05, 0.1) is 0 Å². The summed E-state index contributed by atoms with van der Waals surface area (Å²) in [6, 6.07) is 5.81. The van der Waals surface area contributed by atoms with E-state index in [9.17, 15) is 0 Å². The van der Waals surface area contributed by atoms with E-state index in [1.807, 2.05) is 31.4 Å². The lowest BCUT2D eigenvalue weighted by molar-refractivity contribution is -0.347. The molecule has 1 aromatic carbocycles. The van der Waals surface area contributed by atoms with Crippen LogP contribution in [0.25, 0.3) is 22.4 Å². The van der Waals surface area contributed by atoms with Crippen LogP contribution in [0.5, 0.6) is 0 Å². The van der Waals surface area contributed by atoms with Crippen LogP contribution in [-0.2, 0) is 0 Å². The maximum Gasteiger partial charge on any atom is 0.304 e. The number of thioether (sulfide) groups is 1. The Morgan fingerprint density at radius 2 is 2.16 bits per heavy atom. The van der Waals surface area contributed by atoms with Crippen LogP contribution in [0.3, 0.4) is 0 Å². The van der Waals surface area contributed by atoms with Gasteiger partial charge in [-0.05, 0) is 30.9 Å². The minimum Gasteiger partial charge on any atom is -0.272 e. The first-order valence-electron chi connectivity index (χ1n) is 5.76. The molecule has 2 heterocycles. The molecule has 0 aliphatic heterocycles. The Morgan fingerprint density at radius 1 is 1.32 bits per heavy atom. The third-order valence-electron chi connectivity index (χ3n) is 2.94. The summed E-state index contributed by atoms with van der Waals surface area (Å²) in [5.74, 6) is 0. The van der Waals surface area contributed by atoms with Gasteiger partial charge in [0.1, 0.15) is 5.69 Å². The molecule has 0 saturated heterocycles. The number of halogens is 1. The number of nitrogens with zero attached hydrogens (tertiary/aromatic N) is 2. The van der Waals surface area contributed by atoms with Gasteiger partial charge >= 0.3 is 5.65 Å². The Hall–Kier alpha value is -1.59. The van der Waals surface area contributed by atoms with Crippen LogP contribution in [0, 0.1) is 6.92 Å². The van der Waals surface area contributed by atoms with Crippen molar-refractivity contribution in [1.29, 1.82) is 0 Å². The molecule has 0 saturated carbocycles. The van der Waals surface area contributed by atoms with Gasteiger partial charge in [0, 0.05) is 10.6 Å². The number of hydrogen-bond acceptors (Lipinski definition) is 3. The molecule has 3 aromatic rings. The number of hydrogen-bond donors (Lipinski definition) is 1. The fourth-order valence-electron chi connectivity index (χ4n) is 2.04. The molecule has 96 valence electrons. The number of fused-ring (bicyclic) bond motifs is 1. The van der Waals surface area contributed by atoms with Crippen molar-refractivity contribution >= 4 is 34.5 Å². The molecule has 0 bridgehead atoms. The molecule has 0 radical (unpaired) electrons. The number of aryl methyl sites for hydroxylation is 1. The number of benzene rings is 1. The van der Waals surface area contributed by atoms with Crippen molar-refractivity contribution in [3.63, 3.8) is 0 Å². The number of imidazole rings is 1. The maximum absolute atomic E-state index is 6.01. The largest absolute Gasteiger partial charge is 0.304 e. The van der Waals surface area contributed by atoms with Crippen molar-refractivity contribution in [2.45, 2.75) is 12.1 Å². The smallest absolute Gasteiger partial charge is 0.272 e. The molecule has 0 spiro atoms. The number of aromatic nitrogens is 4. The van der Waals surface area contributed by atoms with Gasteiger partial charge in [-0.2, -0.15) is 0 Å². The highest BCUT2D eigenvalue weighted by atomic mass is 35.5. The number of nitrogens with one attached hydrogen (secondary N) is 2. The first-order valence-corrected chi connectivity index (χ1v) is 7.36. The third-order valence-corrected chi connectivity index (χ3v) is 3.72. The van der Waals surface area contributed by atoms with E-state index in [-0.39, 0.29) is 0 Å². The predicted octanol–water partition coefficient (Wildman–Crippen LogP) is 3.12.